The molecule has 0 unspecified atom stereocenters. The number of anilines is 3. The summed E-state index contributed by atoms with van der Waals surface area (Å²) in [5, 5.41) is 9.13. The molecule has 0 saturated heterocycles. The van der Waals surface area contributed by atoms with Crippen LogP contribution in [0.1, 0.15) is 15.9 Å². The Morgan fingerprint density at radius 3 is 2.66 bits per heavy atom. The van der Waals surface area contributed by atoms with Crippen molar-refractivity contribution in [1.29, 1.82) is 0 Å². The number of halogens is 3. The molecule has 12 heteroatoms. The number of nitrogens with zero attached hydrogens (tertiary/aromatic N) is 4. The molecule has 0 saturated carbocycles. The first-order valence-corrected chi connectivity index (χ1v) is 10.5. The van der Waals surface area contributed by atoms with Crippen molar-refractivity contribution in [3.63, 3.8) is 0 Å². The third-order valence-corrected chi connectivity index (χ3v) is 5.46. The monoisotopic (exact) mass is 480 g/mol. The van der Waals surface area contributed by atoms with Gasteiger partial charge >= 0.3 is 6.18 Å². The number of hydrogen-bond donors (Lipinski definition) is 4. The van der Waals surface area contributed by atoms with Gasteiger partial charge in [0.1, 0.15) is 18.4 Å². The van der Waals surface area contributed by atoms with E-state index in [0.717, 1.165) is 16.6 Å². The fourth-order valence-electron chi connectivity index (χ4n) is 3.87. The first kappa shape index (κ1) is 22.2. The lowest BCUT2D eigenvalue weighted by molar-refractivity contribution is -0.123. The molecule has 9 nitrogen and oxygen atoms in total. The number of nitrogen functional groups attached to an aromatic ring is 1. The first-order valence-electron chi connectivity index (χ1n) is 10.5. The number of aryl methyl sites for hydroxylation is 1. The zero-order valence-corrected chi connectivity index (χ0v) is 18.3. The molecule has 0 aliphatic rings. The maximum absolute atomic E-state index is 12.7. The van der Waals surface area contributed by atoms with E-state index in [9.17, 15) is 18.0 Å². The predicted octanol–water partition coefficient (Wildman–Crippen LogP) is 4.20. The predicted molar refractivity (Wildman–Crippen MR) is 125 cm³/mol. The molecule has 0 spiro atoms. The van der Waals surface area contributed by atoms with Gasteiger partial charge in [0.2, 0.25) is 5.95 Å². The van der Waals surface area contributed by atoms with Crippen molar-refractivity contribution in [2.75, 3.05) is 17.6 Å². The number of amides is 1. The second-order valence-corrected chi connectivity index (χ2v) is 7.91. The van der Waals surface area contributed by atoms with Crippen LogP contribution in [0.3, 0.4) is 0 Å². The number of benzene rings is 2. The van der Waals surface area contributed by atoms with Crippen LogP contribution in [0.5, 0.6) is 0 Å². The molecule has 5 rings (SSSR count). The van der Waals surface area contributed by atoms with Crippen LogP contribution in [-0.4, -0.2) is 43.2 Å². The van der Waals surface area contributed by atoms with Gasteiger partial charge in [-0.15, -0.1) is 0 Å². The average Bonchev–Trinajstić information content (AvgIpc) is 3.41. The molecule has 2 aromatic carbocycles. The van der Waals surface area contributed by atoms with Crippen molar-refractivity contribution in [2.45, 2.75) is 13.1 Å². The van der Waals surface area contributed by atoms with E-state index in [1.807, 2.05) is 30.4 Å². The summed E-state index contributed by atoms with van der Waals surface area (Å²) in [6.07, 6.45) is -2.01. The number of aromatic nitrogens is 5. The fourth-order valence-corrected chi connectivity index (χ4v) is 3.87. The van der Waals surface area contributed by atoms with E-state index < -0.39 is 18.6 Å². The summed E-state index contributed by atoms with van der Waals surface area (Å²) < 4.78 is 39.3. The van der Waals surface area contributed by atoms with Crippen LogP contribution in [0.15, 0.2) is 55.0 Å². The number of para-hydroxylation sites is 1. The Morgan fingerprint density at radius 1 is 1.17 bits per heavy atom. The highest BCUT2D eigenvalue weighted by molar-refractivity contribution is 6.07. The van der Waals surface area contributed by atoms with Crippen LogP contribution >= 0.6 is 0 Å². The van der Waals surface area contributed by atoms with Gasteiger partial charge in [0, 0.05) is 17.4 Å². The number of aromatic amines is 1. The molecule has 0 aliphatic heterocycles. The van der Waals surface area contributed by atoms with Crippen molar-refractivity contribution in [3.8, 4) is 11.1 Å². The second-order valence-electron chi connectivity index (χ2n) is 7.91. The van der Waals surface area contributed by atoms with Gasteiger partial charge in [0.05, 0.1) is 16.6 Å². The summed E-state index contributed by atoms with van der Waals surface area (Å²) in [5.41, 5.74) is 10.7. The fraction of sp³-hybridized carbons (Fsp3) is 0.130. The lowest BCUT2D eigenvalue weighted by atomic mass is 10.0. The maximum atomic E-state index is 12.7. The number of nitrogens with two attached hydrogens (primary N) is 1. The van der Waals surface area contributed by atoms with E-state index in [0.29, 0.717) is 28.3 Å². The Labute approximate surface area is 196 Å². The van der Waals surface area contributed by atoms with Gasteiger partial charge < -0.3 is 21.4 Å². The molecule has 3 aromatic heterocycles. The SMILES string of the molecule is Cc1cccc2nc(Nc3ccc(-c4c(C(=O)NCC(F)(F)F)cn5ncnc(N)c45)cc3)[nH]c12. The summed E-state index contributed by atoms with van der Waals surface area (Å²) in [5.74, 6) is -0.256. The van der Waals surface area contributed by atoms with Gasteiger partial charge in [0.15, 0.2) is 5.82 Å². The molecule has 35 heavy (non-hydrogen) atoms. The largest absolute Gasteiger partial charge is 0.405 e. The van der Waals surface area contributed by atoms with E-state index in [1.165, 1.54) is 17.0 Å². The van der Waals surface area contributed by atoms with Crippen LogP contribution in [0.4, 0.5) is 30.6 Å². The molecule has 0 atom stereocenters. The molecule has 5 N–H and O–H groups in total. The van der Waals surface area contributed by atoms with Gasteiger partial charge in [0.25, 0.3) is 5.91 Å². The quantitative estimate of drug-likeness (QED) is 0.299. The Bertz CT molecular complexity index is 1550. The highest BCUT2D eigenvalue weighted by atomic mass is 19.4. The highest BCUT2D eigenvalue weighted by Gasteiger charge is 2.29. The molecule has 0 bridgehead atoms. The minimum atomic E-state index is -4.55. The molecule has 5 aromatic rings. The maximum Gasteiger partial charge on any atom is 0.405 e. The molecular weight excluding hydrogens is 461 g/mol. The Hall–Kier alpha value is -4.61. The van der Waals surface area contributed by atoms with Crippen LogP contribution in [0.25, 0.3) is 27.7 Å². The molecule has 178 valence electrons. The third-order valence-electron chi connectivity index (χ3n) is 5.46. The van der Waals surface area contributed by atoms with Gasteiger partial charge in [-0.1, -0.05) is 24.3 Å². The number of alkyl halides is 3. The lowest BCUT2D eigenvalue weighted by Crippen LogP contribution is -2.33. The molecule has 0 fully saturated rings. The lowest BCUT2D eigenvalue weighted by Gasteiger charge is -2.10. The topological polar surface area (TPSA) is 126 Å². The Kier molecular flexibility index (Phi) is 5.27. The number of hydrogen-bond acceptors (Lipinski definition) is 6. The smallest absolute Gasteiger partial charge is 0.382 e. The second kappa shape index (κ2) is 8.31. The van der Waals surface area contributed by atoms with E-state index in [-0.39, 0.29) is 11.4 Å². The number of H-pyrrole nitrogens is 1. The molecule has 1 amide bonds. The number of rotatable bonds is 5. The average molecular weight is 480 g/mol. The van der Waals surface area contributed by atoms with E-state index >= 15 is 0 Å². The minimum Gasteiger partial charge on any atom is -0.382 e. The third kappa shape index (κ3) is 4.33. The summed E-state index contributed by atoms with van der Waals surface area (Å²) in [6, 6.07) is 12.8. The van der Waals surface area contributed by atoms with Gasteiger partial charge in [-0.25, -0.2) is 14.5 Å². The Balaban J connectivity index is 1.49. The normalized spacial score (nSPS) is 11.8. The van der Waals surface area contributed by atoms with E-state index in [4.69, 9.17) is 5.73 Å². The molecular formula is C23H19F3N8O. The van der Waals surface area contributed by atoms with Gasteiger partial charge in [-0.2, -0.15) is 18.3 Å². The summed E-state index contributed by atoms with van der Waals surface area (Å²) in [4.78, 5) is 24.4. The van der Waals surface area contributed by atoms with Crippen LogP contribution in [0, 0.1) is 6.92 Å². The molecule has 0 radical (unpaired) electrons. The number of fused-ring (bicyclic) bond motifs is 2. The van der Waals surface area contributed by atoms with Gasteiger partial charge in [-0.05, 0) is 36.2 Å². The van der Waals surface area contributed by atoms with Gasteiger partial charge in [-0.3, -0.25) is 4.79 Å². The summed E-state index contributed by atoms with van der Waals surface area (Å²) in [7, 11) is 0. The number of imidazole rings is 1. The summed E-state index contributed by atoms with van der Waals surface area (Å²) >= 11 is 0. The van der Waals surface area contributed by atoms with Crippen molar-refractivity contribution in [1.82, 2.24) is 29.9 Å². The molecule has 3 heterocycles. The number of carbonyl (C=O) groups is 1. The van der Waals surface area contributed by atoms with Crippen molar-refractivity contribution >= 4 is 39.9 Å². The van der Waals surface area contributed by atoms with E-state index in [2.05, 4.69) is 25.4 Å². The first-order chi connectivity index (χ1) is 16.7. The number of nitrogens with one attached hydrogen (secondary N) is 3. The van der Waals surface area contributed by atoms with Crippen LogP contribution < -0.4 is 16.4 Å². The van der Waals surface area contributed by atoms with Crippen LogP contribution in [0.2, 0.25) is 0 Å². The molecule has 0 aliphatic carbocycles. The summed E-state index contributed by atoms with van der Waals surface area (Å²) in [6.45, 7) is 0.525. The Morgan fingerprint density at radius 2 is 1.94 bits per heavy atom. The minimum absolute atomic E-state index is 0.00471. The van der Waals surface area contributed by atoms with E-state index in [1.54, 1.807) is 24.3 Å². The van der Waals surface area contributed by atoms with Crippen molar-refractivity contribution in [2.24, 2.45) is 0 Å². The standard InChI is InChI=1S/C23H19F3N8O/c1-12-3-2-4-16-18(12)33-22(32-16)31-14-7-5-13(6-8-14)17-15(21(35)28-10-23(24,25)26)9-34-19(17)20(27)29-11-30-34/h2-9,11H,10H2,1H3,(H,28,35)(H2,27,29,30)(H2,31,32,33). The van der Waals surface area contributed by atoms with Crippen molar-refractivity contribution in [3.05, 3.63) is 66.1 Å². The number of carbonyl (C=O) groups excluding carboxylic acids is 1. The van der Waals surface area contributed by atoms with Crippen molar-refractivity contribution < 1.29 is 18.0 Å². The highest BCUT2D eigenvalue weighted by Crippen LogP contribution is 2.33. The van der Waals surface area contributed by atoms with Crippen LogP contribution in [-0.2, 0) is 0 Å². The zero-order valence-electron chi connectivity index (χ0n) is 18.3. The zero-order chi connectivity index (χ0) is 24.7.